The molecule has 4 rings (SSSR count). The Morgan fingerprint density at radius 1 is 1.08 bits per heavy atom. The normalized spacial score (nSPS) is 18.2. The molecule has 188 valence electrons. The Labute approximate surface area is 217 Å². The second-order valence-corrected chi connectivity index (χ2v) is 10.3. The molecule has 1 unspecified atom stereocenters. The van der Waals surface area contributed by atoms with Crippen LogP contribution in [0.2, 0.25) is 5.02 Å². The molecule has 0 saturated heterocycles. The SMILES string of the molecule is C[S+]([O-])c1ccc(C(=O)Nc2cccnc2C(=O)Nc2ccc(Cl)cn2)c(O[C@H]2CC[C@H](N)CC2)c1. The number of ether oxygens (including phenoxy) is 1. The molecule has 1 atom stereocenters. The zero-order valence-electron chi connectivity index (χ0n) is 19.6. The molecule has 0 radical (unpaired) electrons. The first-order valence-corrected chi connectivity index (χ1v) is 13.3. The summed E-state index contributed by atoms with van der Waals surface area (Å²) < 4.78 is 18.3. The summed E-state index contributed by atoms with van der Waals surface area (Å²) in [4.78, 5) is 34.9. The number of nitrogens with two attached hydrogens (primary N) is 1. The van der Waals surface area contributed by atoms with Crippen molar-refractivity contribution in [2.24, 2.45) is 5.73 Å². The van der Waals surface area contributed by atoms with Gasteiger partial charge in [0.15, 0.2) is 10.6 Å². The van der Waals surface area contributed by atoms with Crippen molar-refractivity contribution >= 4 is 46.1 Å². The van der Waals surface area contributed by atoms with Gasteiger partial charge in [-0.3, -0.25) is 9.59 Å². The number of hydrogen-bond donors (Lipinski definition) is 3. The van der Waals surface area contributed by atoms with Crippen molar-refractivity contribution in [2.45, 2.75) is 42.7 Å². The van der Waals surface area contributed by atoms with Gasteiger partial charge in [0.1, 0.15) is 17.8 Å². The van der Waals surface area contributed by atoms with Gasteiger partial charge in [0.05, 0.1) is 22.4 Å². The number of nitrogens with one attached hydrogen (secondary N) is 2. The standard InChI is InChI=1S/C25H26ClN5O4S/c1-36(34)18-9-10-19(21(13-18)35-17-7-5-16(27)6-8-17)24(32)30-20-3-2-12-28-23(20)25(33)31-22-11-4-15(26)14-29-22/h2-4,9-14,16-17H,5-8,27H2,1H3,(H,30,32)(H,29,31,33)/t16-,17-,36?. The number of halogens is 1. The van der Waals surface area contributed by atoms with Crippen molar-refractivity contribution in [3.8, 4) is 5.75 Å². The molecule has 1 aliphatic carbocycles. The number of carbonyl (C=O) groups excluding carboxylic acids is 2. The van der Waals surface area contributed by atoms with Crippen LogP contribution < -0.4 is 21.1 Å². The summed E-state index contributed by atoms with van der Waals surface area (Å²) >= 11 is 4.60. The van der Waals surface area contributed by atoms with E-state index in [2.05, 4.69) is 20.6 Å². The Morgan fingerprint density at radius 2 is 1.86 bits per heavy atom. The van der Waals surface area contributed by atoms with Crippen LogP contribution in [0.1, 0.15) is 46.5 Å². The molecule has 1 fully saturated rings. The number of carbonyl (C=O) groups is 2. The van der Waals surface area contributed by atoms with Crippen LogP contribution >= 0.6 is 11.6 Å². The van der Waals surface area contributed by atoms with Crippen LogP contribution in [0, 0.1) is 0 Å². The lowest BCUT2D eigenvalue weighted by molar-refractivity contribution is 0.101. The zero-order chi connectivity index (χ0) is 25.7. The van der Waals surface area contributed by atoms with Gasteiger partial charge in [0.2, 0.25) is 0 Å². The highest BCUT2D eigenvalue weighted by Gasteiger charge is 2.24. The van der Waals surface area contributed by atoms with E-state index in [1.165, 1.54) is 12.4 Å². The minimum atomic E-state index is -1.25. The molecule has 0 aliphatic heterocycles. The van der Waals surface area contributed by atoms with Gasteiger partial charge in [0, 0.05) is 24.5 Å². The predicted octanol–water partition coefficient (Wildman–Crippen LogP) is 4.02. The minimum Gasteiger partial charge on any atom is -0.612 e. The van der Waals surface area contributed by atoms with E-state index in [1.54, 1.807) is 48.7 Å². The third-order valence-electron chi connectivity index (χ3n) is 5.78. The van der Waals surface area contributed by atoms with E-state index in [0.29, 0.717) is 21.5 Å². The number of anilines is 2. The van der Waals surface area contributed by atoms with E-state index >= 15 is 0 Å². The first kappa shape index (κ1) is 25.9. The lowest BCUT2D eigenvalue weighted by Crippen LogP contribution is -2.32. The van der Waals surface area contributed by atoms with E-state index in [0.717, 1.165) is 25.7 Å². The number of hydrogen-bond acceptors (Lipinski definition) is 7. The first-order chi connectivity index (χ1) is 17.3. The number of amides is 2. The van der Waals surface area contributed by atoms with Crippen molar-refractivity contribution in [2.75, 3.05) is 16.9 Å². The number of benzene rings is 1. The van der Waals surface area contributed by atoms with Crippen LogP contribution in [-0.4, -0.2) is 44.7 Å². The third kappa shape index (κ3) is 6.52. The van der Waals surface area contributed by atoms with Crippen molar-refractivity contribution in [3.63, 3.8) is 0 Å². The van der Waals surface area contributed by atoms with E-state index in [4.69, 9.17) is 22.1 Å². The van der Waals surface area contributed by atoms with E-state index in [9.17, 15) is 14.1 Å². The molecule has 1 aromatic carbocycles. The van der Waals surface area contributed by atoms with Gasteiger partial charge < -0.3 is 25.7 Å². The minimum absolute atomic E-state index is 0.0117. The highest BCUT2D eigenvalue weighted by Crippen LogP contribution is 2.29. The Hall–Kier alpha value is -3.18. The Balaban J connectivity index is 1.55. The fraction of sp³-hybridized carbons (Fsp3) is 0.280. The van der Waals surface area contributed by atoms with Gasteiger partial charge in [-0.05, 0) is 73.3 Å². The molecule has 2 aromatic heterocycles. The van der Waals surface area contributed by atoms with Crippen LogP contribution in [0.3, 0.4) is 0 Å². The van der Waals surface area contributed by atoms with Crippen molar-refractivity contribution in [1.82, 2.24) is 9.97 Å². The molecule has 3 aromatic rings. The Bertz CT molecular complexity index is 1230. The quantitative estimate of drug-likeness (QED) is 0.394. The van der Waals surface area contributed by atoms with Crippen molar-refractivity contribution in [1.29, 1.82) is 0 Å². The second kappa shape index (κ2) is 11.7. The highest BCUT2D eigenvalue weighted by molar-refractivity contribution is 7.90. The summed E-state index contributed by atoms with van der Waals surface area (Å²) in [5.41, 5.74) is 6.49. The fourth-order valence-electron chi connectivity index (χ4n) is 3.85. The van der Waals surface area contributed by atoms with Crippen LogP contribution in [0.4, 0.5) is 11.5 Å². The van der Waals surface area contributed by atoms with Crippen LogP contribution in [0.5, 0.6) is 5.75 Å². The monoisotopic (exact) mass is 527 g/mol. The second-order valence-electron chi connectivity index (χ2n) is 8.44. The maximum atomic E-state index is 13.3. The Morgan fingerprint density at radius 3 is 2.56 bits per heavy atom. The first-order valence-electron chi connectivity index (χ1n) is 11.4. The summed E-state index contributed by atoms with van der Waals surface area (Å²) in [5, 5.41) is 5.83. The van der Waals surface area contributed by atoms with E-state index in [-0.39, 0.29) is 29.1 Å². The molecule has 11 heteroatoms. The van der Waals surface area contributed by atoms with Gasteiger partial charge in [-0.15, -0.1) is 0 Å². The Kier molecular flexibility index (Phi) is 8.42. The molecule has 2 heterocycles. The molecule has 9 nitrogen and oxygen atoms in total. The number of aromatic nitrogens is 2. The van der Waals surface area contributed by atoms with Crippen LogP contribution in [0.15, 0.2) is 59.8 Å². The lowest BCUT2D eigenvalue weighted by Gasteiger charge is -2.27. The maximum Gasteiger partial charge on any atom is 0.277 e. The van der Waals surface area contributed by atoms with E-state index < -0.39 is 23.0 Å². The van der Waals surface area contributed by atoms with Gasteiger partial charge >= 0.3 is 0 Å². The van der Waals surface area contributed by atoms with Crippen LogP contribution in [-0.2, 0) is 11.2 Å². The van der Waals surface area contributed by atoms with Gasteiger partial charge in [0.25, 0.3) is 11.8 Å². The average Bonchev–Trinajstić information content (AvgIpc) is 2.87. The summed E-state index contributed by atoms with van der Waals surface area (Å²) in [6, 6.07) is 11.3. The molecule has 0 bridgehead atoms. The number of nitrogens with zero attached hydrogens (tertiary/aromatic N) is 2. The number of rotatable bonds is 7. The topological polar surface area (TPSA) is 142 Å². The largest absolute Gasteiger partial charge is 0.612 e. The molecule has 36 heavy (non-hydrogen) atoms. The van der Waals surface area contributed by atoms with Gasteiger partial charge in [-0.1, -0.05) is 11.6 Å². The summed E-state index contributed by atoms with van der Waals surface area (Å²) in [7, 11) is 0. The van der Waals surface area contributed by atoms with Gasteiger partial charge in [-0.25, -0.2) is 9.97 Å². The highest BCUT2D eigenvalue weighted by atomic mass is 35.5. The molecular weight excluding hydrogens is 502 g/mol. The molecule has 2 amide bonds. The van der Waals surface area contributed by atoms with Crippen LogP contribution in [0.25, 0.3) is 0 Å². The molecular formula is C25H26ClN5O4S. The fourth-order valence-corrected chi connectivity index (χ4v) is 4.50. The lowest BCUT2D eigenvalue weighted by atomic mass is 9.93. The molecule has 1 saturated carbocycles. The summed E-state index contributed by atoms with van der Waals surface area (Å²) in [6.45, 7) is 0. The smallest absolute Gasteiger partial charge is 0.277 e. The molecule has 0 spiro atoms. The van der Waals surface area contributed by atoms with Crippen molar-refractivity contribution in [3.05, 3.63) is 71.1 Å². The van der Waals surface area contributed by atoms with Crippen molar-refractivity contribution < 1.29 is 18.9 Å². The van der Waals surface area contributed by atoms with Gasteiger partial charge in [-0.2, -0.15) is 0 Å². The molecule has 1 aliphatic rings. The van der Waals surface area contributed by atoms with E-state index in [1.807, 2.05) is 0 Å². The zero-order valence-corrected chi connectivity index (χ0v) is 21.1. The predicted molar refractivity (Wildman–Crippen MR) is 139 cm³/mol. The number of pyridine rings is 2. The molecule has 4 N–H and O–H groups in total. The summed E-state index contributed by atoms with van der Waals surface area (Å²) in [5.74, 6) is -0.413. The average molecular weight is 528 g/mol. The maximum absolute atomic E-state index is 13.3. The summed E-state index contributed by atoms with van der Waals surface area (Å²) in [6.07, 6.45) is 7.54. The third-order valence-corrected chi connectivity index (χ3v) is 6.92.